The number of benzene rings is 2. The van der Waals surface area contributed by atoms with E-state index in [0.29, 0.717) is 15.7 Å². The van der Waals surface area contributed by atoms with E-state index in [1.165, 1.54) is 0 Å². The van der Waals surface area contributed by atoms with E-state index in [9.17, 15) is 4.79 Å². The molecule has 0 fully saturated rings. The van der Waals surface area contributed by atoms with Crippen LogP contribution in [0.25, 0.3) is 10.9 Å². The van der Waals surface area contributed by atoms with Gasteiger partial charge in [0.15, 0.2) is 5.96 Å². The number of nitrogens with zero attached hydrogens (tertiary/aromatic N) is 1. The quantitative estimate of drug-likeness (QED) is 0.491. The monoisotopic (exact) mass is 360 g/mol. The minimum atomic E-state index is -0.346. The molecule has 0 unspecified atom stereocenters. The molecule has 122 valence electrons. The second-order valence-electron chi connectivity index (χ2n) is 5.17. The third-order valence-corrected chi connectivity index (χ3v) is 4.17. The maximum absolute atomic E-state index is 12.2. The zero-order chi connectivity index (χ0) is 17.1. The molecular formula is C17H14Cl2N4O. The summed E-state index contributed by atoms with van der Waals surface area (Å²) in [5, 5.41) is 4.43. The van der Waals surface area contributed by atoms with Gasteiger partial charge in [-0.15, -0.1) is 0 Å². The molecule has 0 saturated heterocycles. The summed E-state index contributed by atoms with van der Waals surface area (Å²) in [5.41, 5.74) is 7.91. The summed E-state index contributed by atoms with van der Waals surface area (Å²) in [5.74, 6) is -0.314. The fourth-order valence-electron chi connectivity index (χ4n) is 2.23. The number of nitrogens with one attached hydrogen (secondary N) is 2. The molecule has 1 aromatic heterocycles. The third-order valence-electron chi connectivity index (χ3n) is 3.43. The molecule has 0 aliphatic rings. The smallest absolute Gasteiger partial charge is 0.274 e. The SMILES string of the molecule is NC(=NCc1ccc(Cl)c(Cl)c1)NC(=O)c1cc2ccccc2[nH]1. The summed E-state index contributed by atoms with van der Waals surface area (Å²) < 4.78 is 0. The molecule has 0 aliphatic carbocycles. The molecule has 1 heterocycles. The van der Waals surface area contributed by atoms with Gasteiger partial charge < -0.3 is 10.7 Å². The number of carbonyl (C=O) groups excluding carboxylic acids is 1. The lowest BCUT2D eigenvalue weighted by Gasteiger charge is -2.04. The van der Waals surface area contributed by atoms with Gasteiger partial charge in [0, 0.05) is 10.9 Å². The summed E-state index contributed by atoms with van der Waals surface area (Å²) in [7, 11) is 0. The van der Waals surface area contributed by atoms with Crippen LogP contribution < -0.4 is 11.1 Å². The van der Waals surface area contributed by atoms with Gasteiger partial charge in [0.2, 0.25) is 0 Å². The molecule has 2 aromatic carbocycles. The molecule has 0 atom stereocenters. The van der Waals surface area contributed by atoms with E-state index in [1.807, 2.05) is 24.3 Å². The van der Waals surface area contributed by atoms with E-state index in [-0.39, 0.29) is 18.4 Å². The van der Waals surface area contributed by atoms with E-state index in [0.717, 1.165) is 16.5 Å². The second kappa shape index (κ2) is 6.95. The topological polar surface area (TPSA) is 83.3 Å². The Hall–Kier alpha value is -2.50. The summed E-state index contributed by atoms with van der Waals surface area (Å²) in [6.45, 7) is 0.287. The molecule has 0 radical (unpaired) electrons. The molecule has 3 aromatic rings. The predicted octanol–water partition coefficient (Wildman–Crippen LogP) is 3.72. The van der Waals surface area contributed by atoms with E-state index >= 15 is 0 Å². The normalized spacial score (nSPS) is 11.7. The van der Waals surface area contributed by atoms with Crippen molar-refractivity contribution in [2.45, 2.75) is 6.54 Å². The highest BCUT2D eigenvalue weighted by Crippen LogP contribution is 2.22. The van der Waals surface area contributed by atoms with E-state index < -0.39 is 0 Å². The molecule has 24 heavy (non-hydrogen) atoms. The van der Waals surface area contributed by atoms with Crippen LogP contribution in [0.5, 0.6) is 0 Å². The highest BCUT2D eigenvalue weighted by atomic mass is 35.5. The number of rotatable bonds is 3. The zero-order valence-corrected chi connectivity index (χ0v) is 14.0. The summed E-state index contributed by atoms with van der Waals surface area (Å²) in [4.78, 5) is 19.4. The van der Waals surface area contributed by atoms with E-state index in [4.69, 9.17) is 28.9 Å². The largest absolute Gasteiger partial charge is 0.370 e. The first-order valence-corrected chi connectivity index (χ1v) is 7.91. The van der Waals surface area contributed by atoms with Gasteiger partial charge in [0.25, 0.3) is 5.91 Å². The van der Waals surface area contributed by atoms with Crippen molar-refractivity contribution in [3.8, 4) is 0 Å². The molecule has 0 bridgehead atoms. The van der Waals surface area contributed by atoms with Gasteiger partial charge in [-0.25, -0.2) is 4.99 Å². The van der Waals surface area contributed by atoms with Crippen LogP contribution in [0.15, 0.2) is 53.5 Å². The number of nitrogens with two attached hydrogens (primary N) is 1. The minimum Gasteiger partial charge on any atom is -0.370 e. The molecule has 5 nitrogen and oxygen atoms in total. The van der Waals surface area contributed by atoms with Crippen molar-refractivity contribution in [1.29, 1.82) is 0 Å². The number of guanidine groups is 1. The van der Waals surface area contributed by atoms with Gasteiger partial charge in [-0.1, -0.05) is 47.5 Å². The Morgan fingerprint density at radius 2 is 1.92 bits per heavy atom. The van der Waals surface area contributed by atoms with Crippen LogP contribution in [0.2, 0.25) is 10.0 Å². The fraction of sp³-hybridized carbons (Fsp3) is 0.0588. The maximum Gasteiger partial charge on any atom is 0.274 e. The Kier molecular flexibility index (Phi) is 4.74. The average molecular weight is 361 g/mol. The van der Waals surface area contributed by atoms with Crippen molar-refractivity contribution in [1.82, 2.24) is 10.3 Å². The molecule has 4 N–H and O–H groups in total. The number of hydrogen-bond acceptors (Lipinski definition) is 2. The zero-order valence-electron chi connectivity index (χ0n) is 12.5. The van der Waals surface area contributed by atoms with Gasteiger partial charge in [0.05, 0.1) is 16.6 Å². The van der Waals surface area contributed by atoms with Gasteiger partial charge in [-0.05, 0) is 29.8 Å². The Morgan fingerprint density at radius 1 is 1.12 bits per heavy atom. The minimum absolute atomic E-state index is 0.0322. The fourth-order valence-corrected chi connectivity index (χ4v) is 2.55. The number of H-pyrrole nitrogens is 1. The number of hydrogen-bond donors (Lipinski definition) is 3. The van der Waals surface area contributed by atoms with Crippen molar-refractivity contribution in [3.05, 3.63) is 69.8 Å². The number of carbonyl (C=O) groups is 1. The van der Waals surface area contributed by atoms with Crippen LogP contribution in [0.4, 0.5) is 0 Å². The van der Waals surface area contributed by atoms with Gasteiger partial charge in [0.1, 0.15) is 5.69 Å². The van der Waals surface area contributed by atoms with E-state index in [2.05, 4.69) is 15.3 Å². The Morgan fingerprint density at radius 3 is 2.67 bits per heavy atom. The summed E-state index contributed by atoms with van der Waals surface area (Å²) >= 11 is 11.8. The number of halogens is 2. The van der Waals surface area contributed by atoms with Crippen LogP contribution >= 0.6 is 23.2 Å². The van der Waals surface area contributed by atoms with Crippen LogP contribution in [0, 0.1) is 0 Å². The van der Waals surface area contributed by atoms with Crippen LogP contribution in [-0.2, 0) is 6.54 Å². The molecular weight excluding hydrogens is 347 g/mol. The molecule has 0 aliphatic heterocycles. The van der Waals surface area contributed by atoms with Crippen LogP contribution in [0.3, 0.4) is 0 Å². The first-order valence-electron chi connectivity index (χ1n) is 7.16. The first kappa shape index (κ1) is 16.4. The molecule has 1 amide bonds. The second-order valence-corrected chi connectivity index (χ2v) is 5.99. The first-order chi connectivity index (χ1) is 11.5. The van der Waals surface area contributed by atoms with Gasteiger partial charge in [-0.2, -0.15) is 0 Å². The van der Waals surface area contributed by atoms with E-state index in [1.54, 1.807) is 24.3 Å². The number of aliphatic imine (C=N–C) groups is 1. The third kappa shape index (κ3) is 3.69. The van der Waals surface area contributed by atoms with Crippen LogP contribution in [-0.4, -0.2) is 16.9 Å². The summed E-state index contributed by atoms with van der Waals surface area (Å²) in [6, 6.07) is 14.6. The highest BCUT2D eigenvalue weighted by Gasteiger charge is 2.10. The lowest BCUT2D eigenvalue weighted by molar-refractivity contribution is 0.0972. The standard InChI is InChI=1S/C17H14Cl2N4O/c18-12-6-5-10(7-13(12)19)9-21-17(20)23-16(24)15-8-11-3-1-2-4-14(11)22-15/h1-8,22H,9H2,(H3,20,21,23,24). The predicted molar refractivity (Wildman–Crippen MR) is 97.6 cm³/mol. The van der Waals surface area contributed by atoms with Crippen molar-refractivity contribution in [3.63, 3.8) is 0 Å². The Bertz CT molecular complexity index is 900. The maximum atomic E-state index is 12.2. The number of amides is 1. The van der Waals surface area contributed by atoms with Gasteiger partial charge in [-0.3, -0.25) is 10.1 Å². The number of aromatic amines is 1. The molecule has 0 saturated carbocycles. The Balaban J connectivity index is 1.67. The summed E-state index contributed by atoms with van der Waals surface area (Å²) in [6.07, 6.45) is 0. The van der Waals surface area contributed by atoms with Gasteiger partial charge >= 0.3 is 0 Å². The van der Waals surface area contributed by atoms with Crippen molar-refractivity contribution >= 4 is 46.0 Å². The number of para-hydroxylation sites is 1. The Labute approximate surface area is 148 Å². The average Bonchev–Trinajstić information content (AvgIpc) is 3.00. The van der Waals surface area contributed by atoms with Crippen molar-refractivity contribution in [2.75, 3.05) is 0 Å². The molecule has 0 spiro atoms. The number of fused-ring (bicyclic) bond motifs is 1. The van der Waals surface area contributed by atoms with Crippen molar-refractivity contribution < 1.29 is 4.79 Å². The molecule has 3 rings (SSSR count). The lowest BCUT2D eigenvalue weighted by Crippen LogP contribution is -2.37. The molecule has 7 heteroatoms. The van der Waals surface area contributed by atoms with Crippen molar-refractivity contribution in [2.24, 2.45) is 10.7 Å². The van der Waals surface area contributed by atoms with Crippen LogP contribution in [0.1, 0.15) is 16.1 Å². The number of aromatic nitrogens is 1. The lowest BCUT2D eigenvalue weighted by atomic mass is 10.2. The highest BCUT2D eigenvalue weighted by molar-refractivity contribution is 6.42.